The number of ether oxygens (including phenoxy) is 1. The standard InChI is InChI=1S/C16H18N4O2/c17-19-18-10-4-5-11-20-12-6-9-15(16(20)21)22-13-14-7-2-1-3-8-14/h1-3,6-9,12H,4-5,10-11,13H2. The lowest BCUT2D eigenvalue weighted by Gasteiger charge is -2.09. The minimum atomic E-state index is -0.137. The SMILES string of the molecule is [N-]=[N+]=NCCCCn1cccc(OCc2ccccc2)c1=O. The van der Waals surface area contributed by atoms with E-state index in [0.717, 1.165) is 18.4 Å². The number of hydrogen-bond acceptors (Lipinski definition) is 3. The van der Waals surface area contributed by atoms with Crippen LogP contribution in [0.1, 0.15) is 18.4 Å². The molecule has 0 N–H and O–H groups in total. The Labute approximate surface area is 128 Å². The Bertz CT molecular complexity index is 691. The van der Waals surface area contributed by atoms with Crippen LogP contribution in [0.25, 0.3) is 10.4 Å². The summed E-state index contributed by atoms with van der Waals surface area (Å²) in [6.07, 6.45) is 3.28. The van der Waals surface area contributed by atoms with Gasteiger partial charge in [-0.1, -0.05) is 35.4 Å². The third-order valence-electron chi connectivity index (χ3n) is 3.19. The second-order valence-electron chi connectivity index (χ2n) is 4.81. The van der Waals surface area contributed by atoms with Gasteiger partial charge in [-0.3, -0.25) is 4.79 Å². The molecule has 0 fully saturated rings. The second kappa shape index (κ2) is 8.54. The summed E-state index contributed by atoms with van der Waals surface area (Å²) in [5.74, 6) is 0.349. The van der Waals surface area contributed by atoms with Crippen molar-refractivity contribution in [2.45, 2.75) is 26.0 Å². The maximum absolute atomic E-state index is 12.3. The zero-order valence-corrected chi connectivity index (χ0v) is 12.3. The van der Waals surface area contributed by atoms with Crippen LogP contribution in [0.3, 0.4) is 0 Å². The molecule has 1 aromatic heterocycles. The minimum Gasteiger partial charge on any atom is -0.483 e. The van der Waals surface area contributed by atoms with Crippen molar-refractivity contribution in [3.05, 3.63) is 75.0 Å². The number of aromatic nitrogens is 1. The summed E-state index contributed by atoms with van der Waals surface area (Å²) in [4.78, 5) is 15.0. The number of nitrogens with zero attached hydrogens (tertiary/aromatic N) is 4. The molecule has 2 aromatic rings. The van der Waals surface area contributed by atoms with Crippen LogP contribution in [-0.4, -0.2) is 11.1 Å². The van der Waals surface area contributed by atoms with E-state index in [2.05, 4.69) is 10.0 Å². The lowest BCUT2D eigenvalue weighted by atomic mass is 10.2. The first-order valence-corrected chi connectivity index (χ1v) is 7.18. The number of rotatable bonds is 8. The molecule has 0 radical (unpaired) electrons. The highest BCUT2D eigenvalue weighted by molar-refractivity contribution is 5.19. The highest BCUT2D eigenvalue weighted by Crippen LogP contribution is 2.07. The Kier molecular flexibility index (Phi) is 6.08. The van der Waals surface area contributed by atoms with Gasteiger partial charge in [-0.15, -0.1) is 0 Å². The summed E-state index contributed by atoms with van der Waals surface area (Å²) in [5.41, 5.74) is 9.09. The molecule has 0 unspecified atom stereocenters. The van der Waals surface area contributed by atoms with Gasteiger partial charge in [0.2, 0.25) is 0 Å². The molecule has 6 nitrogen and oxygen atoms in total. The van der Waals surface area contributed by atoms with Crippen molar-refractivity contribution in [2.24, 2.45) is 5.11 Å². The van der Waals surface area contributed by atoms with Crippen LogP contribution in [0.5, 0.6) is 5.75 Å². The predicted molar refractivity (Wildman–Crippen MR) is 84.7 cm³/mol. The molecule has 6 heteroatoms. The zero-order valence-electron chi connectivity index (χ0n) is 12.3. The maximum atomic E-state index is 12.3. The van der Waals surface area contributed by atoms with E-state index in [0.29, 0.717) is 25.4 Å². The second-order valence-corrected chi connectivity index (χ2v) is 4.81. The lowest BCUT2D eigenvalue weighted by Crippen LogP contribution is -2.21. The molecule has 0 saturated carbocycles. The van der Waals surface area contributed by atoms with E-state index < -0.39 is 0 Å². The van der Waals surface area contributed by atoms with Gasteiger partial charge in [0.1, 0.15) is 6.61 Å². The quantitative estimate of drug-likeness (QED) is 0.323. The van der Waals surface area contributed by atoms with Crippen LogP contribution in [0, 0.1) is 0 Å². The molecule has 1 aromatic carbocycles. The van der Waals surface area contributed by atoms with E-state index in [1.165, 1.54) is 0 Å². The van der Waals surface area contributed by atoms with E-state index in [-0.39, 0.29) is 5.56 Å². The summed E-state index contributed by atoms with van der Waals surface area (Å²) in [7, 11) is 0. The van der Waals surface area contributed by atoms with Crippen molar-refractivity contribution in [3.8, 4) is 5.75 Å². The van der Waals surface area contributed by atoms with Crippen molar-refractivity contribution in [2.75, 3.05) is 6.54 Å². The molecule has 0 atom stereocenters. The minimum absolute atomic E-state index is 0.137. The first-order valence-electron chi connectivity index (χ1n) is 7.18. The summed E-state index contributed by atoms with van der Waals surface area (Å²) >= 11 is 0. The number of hydrogen-bond donors (Lipinski definition) is 0. The predicted octanol–water partition coefficient (Wildman–Crippen LogP) is 3.52. The first kappa shape index (κ1) is 15.7. The van der Waals surface area contributed by atoms with Gasteiger partial charge in [0, 0.05) is 24.2 Å². The molecule has 0 saturated heterocycles. The van der Waals surface area contributed by atoms with E-state index in [1.54, 1.807) is 22.9 Å². The van der Waals surface area contributed by atoms with Gasteiger partial charge in [-0.25, -0.2) is 0 Å². The van der Waals surface area contributed by atoms with Gasteiger partial charge in [0.15, 0.2) is 5.75 Å². The Hall–Kier alpha value is -2.72. The molecule has 0 aliphatic carbocycles. The van der Waals surface area contributed by atoms with E-state index in [9.17, 15) is 4.79 Å². The van der Waals surface area contributed by atoms with Crippen LogP contribution in [0.4, 0.5) is 0 Å². The summed E-state index contributed by atoms with van der Waals surface area (Å²) < 4.78 is 7.23. The average molecular weight is 298 g/mol. The topological polar surface area (TPSA) is 80.0 Å². The number of azide groups is 1. The van der Waals surface area contributed by atoms with Gasteiger partial charge in [-0.05, 0) is 36.1 Å². The number of unbranched alkanes of at least 4 members (excludes halogenated alkanes) is 1. The first-order chi connectivity index (χ1) is 10.8. The largest absolute Gasteiger partial charge is 0.483 e. The number of aryl methyl sites for hydroxylation is 1. The van der Waals surface area contributed by atoms with E-state index in [4.69, 9.17) is 10.3 Å². The van der Waals surface area contributed by atoms with Crippen LogP contribution < -0.4 is 10.3 Å². The molecule has 2 rings (SSSR count). The molecule has 0 bridgehead atoms. The Morgan fingerprint density at radius 1 is 1.14 bits per heavy atom. The van der Waals surface area contributed by atoms with Crippen molar-refractivity contribution in [1.29, 1.82) is 0 Å². The molecule has 1 heterocycles. The number of benzene rings is 1. The molecule has 0 aliphatic heterocycles. The van der Waals surface area contributed by atoms with Crippen LogP contribution in [0.15, 0.2) is 58.6 Å². The fourth-order valence-electron chi connectivity index (χ4n) is 2.05. The Balaban J connectivity index is 1.94. The zero-order chi connectivity index (χ0) is 15.6. The third kappa shape index (κ3) is 4.68. The maximum Gasteiger partial charge on any atom is 0.292 e. The fraction of sp³-hybridized carbons (Fsp3) is 0.312. The van der Waals surface area contributed by atoms with Gasteiger partial charge < -0.3 is 9.30 Å². The van der Waals surface area contributed by atoms with E-state index >= 15 is 0 Å². The van der Waals surface area contributed by atoms with Gasteiger partial charge >= 0.3 is 0 Å². The van der Waals surface area contributed by atoms with Crippen molar-refractivity contribution in [1.82, 2.24) is 4.57 Å². The molecular weight excluding hydrogens is 280 g/mol. The molecule has 114 valence electrons. The van der Waals surface area contributed by atoms with Gasteiger partial charge in [-0.2, -0.15) is 0 Å². The van der Waals surface area contributed by atoms with Crippen molar-refractivity contribution >= 4 is 0 Å². The van der Waals surface area contributed by atoms with Gasteiger partial charge in [0.25, 0.3) is 5.56 Å². The van der Waals surface area contributed by atoms with E-state index in [1.807, 2.05) is 30.3 Å². The molecule has 0 spiro atoms. The fourth-order valence-corrected chi connectivity index (χ4v) is 2.05. The summed E-state index contributed by atoms with van der Waals surface area (Å²) in [5, 5.41) is 3.47. The smallest absolute Gasteiger partial charge is 0.292 e. The Morgan fingerprint density at radius 2 is 1.95 bits per heavy atom. The normalized spacial score (nSPS) is 10.0. The monoisotopic (exact) mass is 298 g/mol. The van der Waals surface area contributed by atoms with Crippen molar-refractivity contribution < 1.29 is 4.74 Å². The average Bonchev–Trinajstić information content (AvgIpc) is 2.56. The van der Waals surface area contributed by atoms with Crippen LogP contribution >= 0.6 is 0 Å². The molecule has 0 aliphatic rings. The van der Waals surface area contributed by atoms with Crippen LogP contribution in [-0.2, 0) is 13.2 Å². The molecule has 22 heavy (non-hydrogen) atoms. The summed E-state index contributed by atoms with van der Waals surface area (Å²) in [6, 6.07) is 13.2. The van der Waals surface area contributed by atoms with Crippen LogP contribution in [0.2, 0.25) is 0 Å². The molecule has 0 amide bonds. The Morgan fingerprint density at radius 3 is 2.73 bits per heavy atom. The van der Waals surface area contributed by atoms with Gasteiger partial charge in [0.05, 0.1) is 0 Å². The third-order valence-corrected chi connectivity index (χ3v) is 3.19. The highest BCUT2D eigenvalue weighted by atomic mass is 16.5. The summed E-state index contributed by atoms with van der Waals surface area (Å²) in [6.45, 7) is 1.41. The lowest BCUT2D eigenvalue weighted by molar-refractivity contribution is 0.298. The number of pyridine rings is 1. The molecular formula is C16H18N4O2. The highest BCUT2D eigenvalue weighted by Gasteiger charge is 2.04. The van der Waals surface area contributed by atoms with Crippen molar-refractivity contribution in [3.63, 3.8) is 0 Å².